The first-order valence-electron chi connectivity index (χ1n) is 12.3. The van der Waals surface area contributed by atoms with Gasteiger partial charge in [0.1, 0.15) is 12.2 Å². The van der Waals surface area contributed by atoms with Gasteiger partial charge in [-0.25, -0.2) is 4.98 Å². The van der Waals surface area contributed by atoms with Crippen LogP contribution in [-0.4, -0.2) is 60.5 Å². The van der Waals surface area contributed by atoms with Gasteiger partial charge in [0.15, 0.2) is 23.0 Å². The fourth-order valence-electron chi connectivity index (χ4n) is 4.02. The number of methoxy groups -OCH3 is 1. The Morgan fingerprint density at radius 2 is 1.79 bits per heavy atom. The van der Waals surface area contributed by atoms with Crippen LogP contribution in [0.4, 0.5) is 0 Å². The summed E-state index contributed by atoms with van der Waals surface area (Å²) >= 11 is 0. The number of aromatic hydroxyl groups is 1. The lowest BCUT2D eigenvalue weighted by atomic mass is 9.92. The third-order valence-electron chi connectivity index (χ3n) is 5.82. The van der Waals surface area contributed by atoms with Gasteiger partial charge in [-0.2, -0.15) is 0 Å². The van der Waals surface area contributed by atoms with Gasteiger partial charge in [0, 0.05) is 31.9 Å². The van der Waals surface area contributed by atoms with Gasteiger partial charge in [-0.15, -0.1) is 0 Å². The molecule has 1 aliphatic heterocycles. The van der Waals surface area contributed by atoms with Gasteiger partial charge in [0.05, 0.1) is 19.1 Å². The summed E-state index contributed by atoms with van der Waals surface area (Å²) < 4.78 is 23.3. The highest BCUT2D eigenvalue weighted by Crippen LogP contribution is 2.31. The summed E-state index contributed by atoms with van der Waals surface area (Å²) in [4.78, 5) is 30.0. The number of carbonyl (C=O) groups excluding carboxylic acids is 2. The third kappa shape index (κ3) is 8.24. The number of nitrogens with zero attached hydrogens (tertiary/aromatic N) is 1. The number of rotatable bonds is 10. The summed E-state index contributed by atoms with van der Waals surface area (Å²) in [5.41, 5.74) is -0.0995. The fourth-order valence-corrected chi connectivity index (χ4v) is 4.02. The summed E-state index contributed by atoms with van der Waals surface area (Å²) in [5, 5.41) is 10.3. The standard InChI is InChI=1S/C26H41NO7/c1-16(2)14-32-22-10-8-7-9-19(26(30)34-18(5)25(22)33-15-17(3)4)13-20(28)23-24(29)21(31-6)11-12-27-23/h11-12,16-19,22,25,29H,7-10,13-15H2,1-6H3/t18-,19+,22-,25-/m0/s1. The van der Waals surface area contributed by atoms with Crippen molar-refractivity contribution in [2.45, 2.75) is 85.0 Å². The molecule has 192 valence electrons. The number of cyclic esters (lactones) is 1. The molecule has 2 heterocycles. The average Bonchev–Trinajstić information content (AvgIpc) is 2.77. The molecule has 0 saturated carbocycles. The van der Waals surface area contributed by atoms with Crippen molar-refractivity contribution >= 4 is 11.8 Å². The van der Waals surface area contributed by atoms with E-state index in [1.807, 2.05) is 6.92 Å². The molecule has 0 radical (unpaired) electrons. The highest BCUT2D eigenvalue weighted by molar-refractivity contribution is 5.99. The summed E-state index contributed by atoms with van der Waals surface area (Å²) in [6.45, 7) is 11.3. The van der Waals surface area contributed by atoms with Crippen molar-refractivity contribution in [3.05, 3.63) is 18.0 Å². The van der Waals surface area contributed by atoms with Gasteiger partial charge in [-0.05, 0) is 31.6 Å². The molecule has 0 aliphatic carbocycles. The molecule has 4 atom stereocenters. The van der Waals surface area contributed by atoms with Gasteiger partial charge < -0.3 is 24.1 Å². The van der Waals surface area contributed by atoms with E-state index in [9.17, 15) is 14.7 Å². The predicted molar refractivity (Wildman–Crippen MR) is 128 cm³/mol. The molecule has 1 saturated heterocycles. The highest BCUT2D eigenvalue weighted by atomic mass is 16.6. The quantitative estimate of drug-likeness (QED) is 0.384. The molecular weight excluding hydrogens is 438 g/mol. The van der Waals surface area contributed by atoms with E-state index in [-0.39, 0.29) is 35.8 Å². The van der Waals surface area contributed by atoms with E-state index in [2.05, 4.69) is 32.7 Å². The van der Waals surface area contributed by atoms with Crippen LogP contribution < -0.4 is 4.74 Å². The largest absolute Gasteiger partial charge is 0.503 e. The Balaban J connectivity index is 2.16. The Labute approximate surface area is 203 Å². The van der Waals surface area contributed by atoms with Gasteiger partial charge >= 0.3 is 5.97 Å². The molecular formula is C26H41NO7. The van der Waals surface area contributed by atoms with Crippen LogP contribution in [0.1, 0.15) is 77.2 Å². The Hall–Kier alpha value is -2.19. The number of pyridine rings is 1. The fraction of sp³-hybridized carbons (Fsp3) is 0.731. The lowest BCUT2D eigenvalue weighted by molar-refractivity contribution is -0.175. The SMILES string of the molecule is COc1ccnc(C(=O)C[C@H]2CCCC[C@H](OCC(C)C)[C@@H](OCC(C)C)[C@H](C)OC2=O)c1O. The number of Topliss-reactive ketones (excluding diaryl/α,β-unsaturated/α-hetero) is 1. The van der Waals surface area contributed by atoms with Crippen LogP contribution in [-0.2, 0) is 19.0 Å². The molecule has 1 fully saturated rings. The van der Waals surface area contributed by atoms with Crippen LogP contribution in [0, 0.1) is 17.8 Å². The van der Waals surface area contributed by atoms with E-state index in [0.717, 1.165) is 19.3 Å². The van der Waals surface area contributed by atoms with Crippen LogP contribution in [0.2, 0.25) is 0 Å². The van der Waals surface area contributed by atoms with E-state index in [1.54, 1.807) is 0 Å². The number of aromatic nitrogens is 1. The van der Waals surface area contributed by atoms with E-state index in [4.69, 9.17) is 18.9 Å². The Morgan fingerprint density at radius 1 is 1.15 bits per heavy atom. The van der Waals surface area contributed by atoms with Crippen molar-refractivity contribution in [2.24, 2.45) is 17.8 Å². The number of hydrogen-bond donors (Lipinski definition) is 1. The predicted octanol–water partition coefficient (Wildman–Crippen LogP) is 4.57. The minimum atomic E-state index is -0.624. The van der Waals surface area contributed by atoms with Crippen molar-refractivity contribution in [1.29, 1.82) is 0 Å². The molecule has 8 nitrogen and oxygen atoms in total. The maximum absolute atomic E-state index is 13.1. The number of ether oxygens (including phenoxy) is 4. The van der Waals surface area contributed by atoms with E-state index in [1.165, 1.54) is 19.4 Å². The number of hydrogen-bond acceptors (Lipinski definition) is 8. The smallest absolute Gasteiger partial charge is 0.309 e. The van der Waals surface area contributed by atoms with Gasteiger partial charge in [-0.1, -0.05) is 40.5 Å². The van der Waals surface area contributed by atoms with Crippen LogP contribution in [0.5, 0.6) is 11.5 Å². The molecule has 1 N–H and O–H groups in total. The molecule has 0 aromatic carbocycles. The maximum atomic E-state index is 13.1. The average molecular weight is 480 g/mol. The summed E-state index contributed by atoms with van der Waals surface area (Å²) in [5.74, 6) is -0.920. The molecule has 34 heavy (non-hydrogen) atoms. The van der Waals surface area contributed by atoms with Crippen molar-refractivity contribution in [1.82, 2.24) is 4.98 Å². The third-order valence-corrected chi connectivity index (χ3v) is 5.82. The Bertz CT molecular complexity index is 795. The van der Waals surface area contributed by atoms with Gasteiger partial charge in [0.2, 0.25) is 0 Å². The minimum absolute atomic E-state index is 0.0932. The molecule has 1 aromatic rings. The highest BCUT2D eigenvalue weighted by Gasteiger charge is 2.35. The topological polar surface area (TPSA) is 104 Å². The van der Waals surface area contributed by atoms with Gasteiger partial charge in [-0.3, -0.25) is 9.59 Å². The van der Waals surface area contributed by atoms with Gasteiger partial charge in [0.25, 0.3) is 0 Å². The van der Waals surface area contributed by atoms with Crippen LogP contribution in [0.15, 0.2) is 12.3 Å². The Morgan fingerprint density at radius 3 is 2.44 bits per heavy atom. The normalized spacial score (nSPS) is 24.2. The minimum Gasteiger partial charge on any atom is -0.503 e. The molecule has 0 bridgehead atoms. The van der Waals surface area contributed by atoms with Crippen LogP contribution in [0.25, 0.3) is 0 Å². The zero-order chi connectivity index (χ0) is 25.3. The first kappa shape index (κ1) is 28.1. The van der Waals surface area contributed by atoms with Crippen LogP contribution in [0.3, 0.4) is 0 Å². The summed E-state index contributed by atoms with van der Waals surface area (Å²) in [6, 6.07) is 1.47. The number of esters is 1. The van der Waals surface area contributed by atoms with E-state index in [0.29, 0.717) is 31.5 Å². The molecule has 0 amide bonds. The second-order valence-corrected chi connectivity index (χ2v) is 9.92. The monoisotopic (exact) mass is 479 g/mol. The first-order chi connectivity index (χ1) is 16.1. The Kier molecular flexibility index (Phi) is 11.2. The van der Waals surface area contributed by atoms with Crippen molar-refractivity contribution < 1.29 is 33.6 Å². The zero-order valence-corrected chi connectivity index (χ0v) is 21.4. The van der Waals surface area contributed by atoms with E-state index >= 15 is 0 Å². The molecule has 2 rings (SSSR count). The summed E-state index contributed by atoms with van der Waals surface area (Å²) in [7, 11) is 1.40. The van der Waals surface area contributed by atoms with Crippen molar-refractivity contribution in [3.8, 4) is 11.5 Å². The van der Waals surface area contributed by atoms with E-state index < -0.39 is 23.8 Å². The van der Waals surface area contributed by atoms with Crippen LogP contribution >= 0.6 is 0 Å². The lowest BCUT2D eigenvalue weighted by Gasteiger charge is -2.34. The number of ketones is 1. The first-order valence-corrected chi connectivity index (χ1v) is 12.3. The number of carbonyl (C=O) groups is 2. The molecule has 0 unspecified atom stereocenters. The molecule has 1 aliphatic rings. The zero-order valence-electron chi connectivity index (χ0n) is 21.4. The second-order valence-electron chi connectivity index (χ2n) is 9.92. The summed E-state index contributed by atoms with van der Waals surface area (Å²) in [6.07, 6.45) is 3.12. The van der Waals surface area contributed by atoms with Crippen molar-refractivity contribution in [2.75, 3.05) is 20.3 Å². The maximum Gasteiger partial charge on any atom is 0.309 e. The molecule has 1 aromatic heterocycles. The molecule has 0 spiro atoms. The molecule has 8 heteroatoms. The lowest BCUT2D eigenvalue weighted by Crippen LogP contribution is -2.44. The second kappa shape index (κ2) is 13.6. The van der Waals surface area contributed by atoms with Crippen molar-refractivity contribution in [3.63, 3.8) is 0 Å².